The topological polar surface area (TPSA) is 105 Å². The zero-order chi connectivity index (χ0) is 23.2. The summed E-state index contributed by atoms with van der Waals surface area (Å²) in [5.74, 6) is 1.60. The molecule has 0 aliphatic carbocycles. The second kappa shape index (κ2) is 10.3. The van der Waals surface area contributed by atoms with Crippen LogP contribution in [-0.4, -0.2) is 65.3 Å². The molecule has 0 spiro atoms. The molecule has 3 heterocycles. The van der Waals surface area contributed by atoms with E-state index in [2.05, 4.69) is 43.5 Å². The fraction of sp³-hybridized carbons (Fsp3) is 0.333. The van der Waals surface area contributed by atoms with E-state index < -0.39 is 0 Å². The fourth-order valence-corrected chi connectivity index (χ4v) is 3.64. The minimum atomic E-state index is -0.345. The van der Waals surface area contributed by atoms with Crippen LogP contribution in [0.4, 0.5) is 5.82 Å². The molecule has 9 nitrogen and oxygen atoms in total. The van der Waals surface area contributed by atoms with Gasteiger partial charge in [0.1, 0.15) is 17.2 Å². The third kappa shape index (κ3) is 5.75. The molecule has 172 valence electrons. The summed E-state index contributed by atoms with van der Waals surface area (Å²) in [6, 6.07) is 7.62. The molecule has 0 atom stereocenters. The van der Waals surface area contributed by atoms with Gasteiger partial charge in [0.25, 0.3) is 5.91 Å². The lowest BCUT2D eigenvalue weighted by Crippen LogP contribution is -2.24. The number of amides is 1. The second-order valence-electron chi connectivity index (χ2n) is 7.98. The van der Waals surface area contributed by atoms with Crippen molar-refractivity contribution < 1.29 is 14.3 Å². The second-order valence-corrected chi connectivity index (χ2v) is 7.98. The highest BCUT2D eigenvalue weighted by molar-refractivity contribution is 6.02. The van der Waals surface area contributed by atoms with Gasteiger partial charge in [0.05, 0.1) is 32.3 Å². The number of nitrogens with zero attached hydrogens (tertiary/aromatic N) is 4. The number of benzene rings is 1. The molecule has 1 aliphatic heterocycles. The number of hydrogen-bond acceptors (Lipinski definition) is 7. The van der Waals surface area contributed by atoms with E-state index in [1.807, 2.05) is 24.3 Å². The Kier molecular flexibility index (Phi) is 6.99. The molecule has 1 amide bonds. The Hall–Kier alpha value is -3.72. The number of aromatic nitrogens is 4. The minimum absolute atomic E-state index is 0.250. The summed E-state index contributed by atoms with van der Waals surface area (Å²) in [6.07, 6.45) is 7.73. The smallest absolute Gasteiger partial charge is 0.277 e. The van der Waals surface area contributed by atoms with Gasteiger partial charge in [0, 0.05) is 30.9 Å². The standard InChI is InChI=1S/C24H28N6O3/c1-30-8-6-17(7-9-30)21-14-26-22(15-25-21)24(31)27-23-12-18(28-29-23)5-4-16-10-19(32-2)13-20(11-16)33-3/h6,10-15H,4-5,7-9H2,1-3H3,(H2,27,28,29,31). The third-order valence-corrected chi connectivity index (χ3v) is 5.59. The molecule has 1 aromatic carbocycles. The van der Waals surface area contributed by atoms with Crippen LogP contribution in [0.1, 0.15) is 33.9 Å². The van der Waals surface area contributed by atoms with E-state index >= 15 is 0 Å². The molecule has 3 aromatic rings. The lowest BCUT2D eigenvalue weighted by Gasteiger charge is -2.21. The SMILES string of the molecule is COc1cc(CCc2cc(NC(=O)c3cnc(C4=CCN(C)CC4)cn3)n[nH]2)cc(OC)c1. The largest absolute Gasteiger partial charge is 0.497 e. The summed E-state index contributed by atoms with van der Waals surface area (Å²) < 4.78 is 10.6. The number of hydrogen-bond donors (Lipinski definition) is 2. The van der Waals surface area contributed by atoms with Crippen molar-refractivity contribution in [2.75, 3.05) is 39.7 Å². The van der Waals surface area contributed by atoms with Gasteiger partial charge in [-0.15, -0.1) is 0 Å². The third-order valence-electron chi connectivity index (χ3n) is 5.59. The van der Waals surface area contributed by atoms with Crippen LogP contribution in [0.3, 0.4) is 0 Å². The lowest BCUT2D eigenvalue weighted by atomic mass is 10.1. The van der Waals surface area contributed by atoms with Crippen molar-refractivity contribution in [1.82, 2.24) is 25.1 Å². The maximum Gasteiger partial charge on any atom is 0.277 e. The molecule has 0 saturated carbocycles. The van der Waals surface area contributed by atoms with Crippen LogP contribution in [0.25, 0.3) is 5.57 Å². The average Bonchev–Trinajstić information content (AvgIpc) is 3.30. The molecular formula is C24H28N6O3. The van der Waals surface area contributed by atoms with Crippen molar-refractivity contribution in [2.24, 2.45) is 0 Å². The predicted octanol–water partition coefficient (Wildman–Crippen LogP) is 2.97. The maximum absolute atomic E-state index is 12.6. The van der Waals surface area contributed by atoms with Crippen LogP contribution < -0.4 is 14.8 Å². The maximum atomic E-state index is 12.6. The Labute approximate surface area is 192 Å². The van der Waals surface area contributed by atoms with Crippen LogP contribution >= 0.6 is 0 Å². The lowest BCUT2D eigenvalue weighted by molar-refractivity contribution is 0.102. The van der Waals surface area contributed by atoms with Crippen LogP contribution in [-0.2, 0) is 12.8 Å². The van der Waals surface area contributed by atoms with Crippen LogP contribution in [0.5, 0.6) is 11.5 Å². The van der Waals surface area contributed by atoms with Crippen LogP contribution in [0.2, 0.25) is 0 Å². The number of aryl methyl sites for hydroxylation is 2. The van der Waals surface area contributed by atoms with Gasteiger partial charge >= 0.3 is 0 Å². The number of H-pyrrole nitrogens is 1. The summed E-state index contributed by atoms with van der Waals surface area (Å²) in [5.41, 5.74) is 4.22. The molecule has 0 unspecified atom stereocenters. The van der Waals surface area contributed by atoms with E-state index in [1.54, 1.807) is 20.4 Å². The number of anilines is 1. The quantitative estimate of drug-likeness (QED) is 0.546. The molecule has 0 fully saturated rings. The van der Waals surface area contributed by atoms with Crippen molar-refractivity contribution in [3.8, 4) is 11.5 Å². The Balaban J connectivity index is 1.34. The van der Waals surface area contributed by atoms with Gasteiger partial charge < -0.3 is 19.7 Å². The molecule has 0 bridgehead atoms. The first-order valence-electron chi connectivity index (χ1n) is 10.8. The van der Waals surface area contributed by atoms with E-state index in [1.165, 1.54) is 6.20 Å². The summed E-state index contributed by atoms with van der Waals surface area (Å²) in [7, 11) is 5.35. The van der Waals surface area contributed by atoms with Crippen molar-refractivity contribution in [1.29, 1.82) is 0 Å². The molecule has 33 heavy (non-hydrogen) atoms. The fourth-order valence-electron chi connectivity index (χ4n) is 3.64. The highest BCUT2D eigenvalue weighted by atomic mass is 16.5. The van der Waals surface area contributed by atoms with E-state index in [0.717, 1.165) is 66.4 Å². The highest BCUT2D eigenvalue weighted by Crippen LogP contribution is 2.24. The molecule has 2 N–H and O–H groups in total. The molecule has 1 aliphatic rings. The predicted molar refractivity (Wildman–Crippen MR) is 126 cm³/mol. The number of rotatable bonds is 8. The first-order chi connectivity index (χ1) is 16.0. The number of carbonyl (C=O) groups is 1. The molecule has 9 heteroatoms. The molecular weight excluding hydrogens is 420 g/mol. The van der Waals surface area contributed by atoms with Gasteiger partial charge in [0.2, 0.25) is 0 Å². The zero-order valence-electron chi connectivity index (χ0n) is 19.1. The summed E-state index contributed by atoms with van der Waals surface area (Å²) in [5, 5.41) is 9.94. The molecule has 0 saturated heterocycles. The summed E-state index contributed by atoms with van der Waals surface area (Å²) in [6.45, 7) is 1.88. The number of likely N-dealkylation sites (N-methyl/N-ethyl adjacent to an activating group) is 1. The number of nitrogens with one attached hydrogen (secondary N) is 2. The summed E-state index contributed by atoms with van der Waals surface area (Å²) in [4.78, 5) is 23.5. The van der Waals surface area contributed by atoms with Gasteiger partial charge in [-0.05, 0) is 49.6 Å². The number of aromatic amines is 1. The van der Waals surface area contributed by atoms with Gasteiger partial charge in [-0.25, -0.2) is 4.98 Å². The van der Waals surface area contributed by atoms with Crippen molar-refractivity contribution >= 4 is 17.3 Å². The zero-order valence-corrected chi connectivity index (χ0v) is 19.1. The van der Waals surface area contributed by atoms with Crippen LogP contribution in [0.15, 0.2) is 42.7 Å². The minimum Gasteiger partial charge on any atom is -0.497 e. The van der Waals surface area contributed by atoms with E-state index in [0.29, 0.717) is 5.82 Å². The van der Waals surface area contributed by atoms with E-state index in [-0.39, 0.29) is 11.6 Å². The number of ether oxygens (including phenoxy) is 2. The first-order valence-corrected chi connectivity index (χ1v) is 10.8. The Morgan fingerprint density at radius 1 is 1.09 bits per heavy atom. The van der Waals surface area contributed by atoms with Crippen molar-refractivity contribution in [3.05, 3.63) is 65.4 Å². The molecule has 2 aromatic heterocycles. The van der Waals surface area contributed by atoms with Gasteiger partial charge in [-0.2, -0.15) is 5.10 Å². The Morgan fingerprint density at radius 2 is 1.88 bits per heavy atom. The average molecular weight is 449 g/mol. The van der Waals surface area contributed by atoms with Crippen molar-refractivity contribution in [3.63, 3.8) is 0 Å². The normalized spacial score (nSPS) is 14.0. The molecule has 0 radical (unpaired) electrons. The highest BCUT2D eigenvalue weighted by Gasteiger charge is 2.14. The van der Waals surface area contributed by atoms with Gasteiger partial charge in [-0.1, -0.05) is 6.08 Å². The van der Waals surface area contributed by atoms with Crippen molar-refractivity contribution in [2.45, 2.75) is 19.3 Å². The van der Waals surface area contributed by atoms with E-state index in [4.69, 9.17) is 9.47 Å². The number of carbonyl (C=O) groups excluding carboxylic acids is 1. The Bertz CT molecular complexity index is 1120. The van der Waals surface area contributed by atoms with Gasteiger partial charge in [-0.3, -0.25) is 14.9 Å². The summed E-state index contributed by atoms with van der Waals surface area (Å²) >= 11 is 0. The number of methoxy groups -OCH3 is 2. The Morgan fingerprint density at radius 3 is 2.52 bits per heavy atom. The van der Waals surface area contributed by atoms with Gasteiger partial charge in [0.15, 0.2) is 5.82 Å². The molecule has 4 rings (SSSR count). The monoisotopic (exact) mass is 448 g/mol. The van der Waals surface area contributed by atoms with Crippen LogP contribution in [0, 0.1) is 0 Å². The van der Waals surface area contributed by atoms with E-state index in [9.17, 15) is 4.79 Å². The first kappa shape index (κ1) is 22.5.